The first-order valence-corrected chi connectivity index (χ1v) is 9.96. The Bertz CT molecular complexity index is 816. The van der Waals surface area contributed by atoms with Crippen molar-refractivity contribution in [3.05, 3.63) is 70.7 Å². The summed E-state index contributed by atoms with van der Waals surface area (Å²) in [5, 5.41) is 3.66. The van der Waals surface area contributed by atoms with Crippen molar-refractivity contribution in [2.45, 2.75) is 50.2 Å². The van der Waals surface area contributed by atoms with E-state index in [4.69, 9.17) is 11.6 Å². The topological polar surface area (TPSA) is 49.4 Å². The van der Waals surface area contributed by atoms with E-state index in [9.17, 15) is 9.59 Å². The largest absolute Gasteiger partial charge is 0.329 e. The van der Waals surface area contributed by atoms with E-state index in [1.54, 1.807) is 24.3 Å². The molecule has 5 heteroatoms. The van der Waals surface area contributed by atoms with Gasteiger partial charge in [-0.15, -0.1) is 0 Å². The average molecular weight is 383 g/mol. The molecule has 2 aliphatic rings. The smallest absolute Gasteiger partial charge is 0.318 e. The van der Waals surface area contributed by atoms with Gasteiger partial charge in [0.1, 0.15) is 6.04 Å². The van der Waals surface area contributed by atoms with Crippen molar-refractivity contribution in [1.29, 1.82) is 0 Å². The Hall–Kier alpha value is -2.33. The Kier molecular flexibility index (Phi) is 5.17. The lowest BCUT2D eigenvalue weighted by molar-refractivity contribution is 0.0801. The van der Waals surface area contributed by atoms with Crippen molar-refractivity contribution in [3.8, 4) is 0 Å². The summed E-state index contributed by atoms with van der Waals surface area (Å²) in [4.78, 5) is 28.2. The lowest BCUT2D eigenvalue weighted by atomic mass is 9.89. The van der Waals surface area contributed by atoms with Crippen LogP contribution in [0.5, 0.6) is 0 Å². The number of nitrogens with zero attached hydrogens (tertiary/aromatic N) is 1. The Labute approximate surface area is 164 Å². The number of ketones is 1. The zero-order valence-corrected chi connectivity index (χ0v) is 15.9. The number of halogens is 1. The van der Waals surface area contributed by atoms with Gasteiger partial charge in [0.15, 0.2) is 5.78 Å². The number of benzene rings is 2. The molecule has 1 aliphatic carbocycles. The number of urea groups is 1. The highest BCUT2D eigenvalue weighted by Crippen LogP contribution is 2.35. The first-order valence-electron chi connectivity index (χ1n) is 9.59. The van der Waals surface area contributed by atoms with Crippen LogP contribution >= 0.6 is 11.6 Å². The second-order valence-electron chi connectivity index (χ2n) is 7.35. The van der Waals surface area contributed by atoms with Gasteiger partial charge in [0, 0.05) is 16.6 Å². The maximum absolute atomic E-state index is 13.5. The fourth-order valence-electron chi connectivity index (χ4n) is 4.31. The van der Waals surface area contributed by atoms with Crippen LogP contribution in [0, 0.1) is 0 Å². The van der Waals surface area contributed by atoms with E-state index in [1.165, 1.54) is 6.42 Å². The van der Waals surface area contributed by atoms with Gasteiger partial charge in [0.25, 0.3) is 0 Å². The van der Waals surface area contributed by atoms with E-state index in [0.717, 1.165) is 31.2 Å². The Morgan fingerprint density at radius 1 is 0.963 bits per heavy atom. The molecule has 0 spiro atoms. The van der Waals surface area contributed by atoms with Gasteiger partial charge < -0.3 is 10.2 Å². The summed E-state index contributed by atoms with van der Waals surface area (Å²) in [6, 6.07) is 15.8. The second kappa shape index (κ2) is 7.73. The van der Waals surface area contributed by atoms with Crippen LogP contribution in [0.1, 0.15) is 54.1 Å². The van der Waals surface area contributed by atoms with E-state index in [-0.39, 0.29) is 23.9 Å². The molecule has 140 valence electrons. The van der Waals surface area contributed by atoms with Crippen LogP contribution in [-0.4, -0.2) is 28.8 Å². The van der Waals surface area contributed by atoms with Crippen molar-refractivity contribution in [2.75, 3.05) is 0 Å². The van der Waals surface area contributed by atoms with E-state index in [0.29, 0.717) is 10.6 Å². The van der Waals surface area contributed by atoms with E-state index in [1.807, 2.05) is 35.2 Å². The van der Waals surface area contributed by atoms with Crippen LogP contribution in [0.2, 0.25) is 5.02 Å². The molecule has 0 aromatic heterocycles. The highest BCUT2D eigenvalue weighted by Gasteiger charge is 2.47. The first kappa shape index (κ1) is 18.1. The maximum atomic E-state index is 13.5. The van der Waals surface area contributed by atoms with Crippen molar-refractivity contribution >= 4 is 23.4 Å². The van der Waals surface area contributed by atoms with Gasteiger partial charge in [-0.25, -0.2) is 4.79 Å². The number of rotatable bonds is 4. The van der Waals surface area contributed by atoms with Gasteiger partial charge in [0.2, 0.25) is 0 Å². The van der Waals surface area contributed by atoms with Crippen molar-refractivity contribution in [3.63, 3.8) is 0 Å². The standard InChI is InChI=1S/C22H23ClN2O2/c23-17-13-11-16(12-14-17)21(26)20-19(15-7-3-1-4-8-15)24-22(27)25(20)18-9-5-2-6-10-18/h1,3-4,7-8,11-14,18-20H,2,5-6,9-10H2,(H,24,27). The van der Waals surface area contributed by atoms with Crippen LogP contribution < -0.4 is 5.32 Å². The number of carbonyl (C=O) groups excluding carboxylic acids is 2. The zero-order chi connectivity index (χ0) is 18.8. The minimum Gasteiger partial charge on any atom is -0.329 e. The average Bonchev–Trinajstić information content (AvgIpc) is 3.06. The number of nitrogens with one attached hydrogen (secondary N) is 1. The van der Waals surface area contributed by atoms with E-state index < -0.39 is 6.04 Å². The molecule has 2 fully saturated rings. The SMILES string of the molecule is O=C(c1ccc(Cl)cc1)C1C(c2ccccc2)NC(=O)N1C1CCCCC1. The number of hydrogen-bond acceptors (Lipinski definition) is 2. The van der Waals surface area contributed by atoms with Crippen LogP contribution in [0.4, 0.5) is 4.79 Å². The van der Waals surface area contributed by atoms with Crippen LogP contribution in [-0.2, 0) is 0 Å². The van der Waals surface area contributed by atoms with Gasteiger partial charge in [0.05, 0.1) is 6.04 Å². The van der Waals surface area contributed by atoms with E-state index in [2.05, 4.69) is 5.32 Å². The molecular weight excluding hydrogens is 360 g/mol. The van der Waals surface area contributed by atoms with Crippen molar-refractivity contribution in [1.82, 2.24) is 10.2 Å². The Balaban J connectivity index is 1.72. The second-order valence-corrected chi connectivity index (χ2v) is 7.79. The predicted molar refractivity (Wildman–Crippen MR) is 106 cm³/mol. The van der Waals surface area contributed by atoms with Gasteiger partial charge >= 0.3 is 6.03 Å². The molecule has 4 rings (SSSR count). The summed E-state index contributed by atoms with van der Waals surface area (Å²) < 4.78 is 0. The fourth-order valence-corrected chi connectivity index (χ4v) is 4.44. The first-order chi connectivity index (χ1) is 13.1. The molecule has 2 atom stereocenters. The molecule has 0 bridgehead atoms. The molecule has 1 heterocycles. The van der Waals surface area contributed by atoms with Crippen molar-refractivity contribution < 1.29 is 9.59 Å². The number of hydrogen-bond donors (Lipinski definition) is 1. The third-order valence-corrected chi connectivity index (χ3v) is 5.91. The monoisotopic (exact) mass is 382 g/mol. The van der Waals surface area contributed by atoms with Gasteiger partial charge in [-0.2, -0.15) is 0 Å². The van der Waals surface area contributed by atoms with Gasteiger partial charge in [-0.1, -0.05) is 61.2 Å². The normalized spacial score (nSPS) is 23.3. The summed E-state index contributed by atoms with van der Waals surface area (Å²) in [7, 11) is 0. The highest BCUT2D eigenvalue weighted by atomic mass is 35.5. The predicted octanol–water partition coefficient (Wildman–Crippen LogP) is 4.99. The molecule has 0 radical (unpaired) electrons. The van der Waals surface area contributed by atoms with Crippen LogP contribution in [0.15, 0.2) is 54.6 Å². The molecule has 1 N–H and O–H groups in total. The summed E-state index contributed by atoms with van der Waals surface area (Å²) in [6.45, 7) is 0. The molecule has 1 saturated carbocycles. The lowest BCUT2D eigenvalue weighted by Gasteiger charge is -2.35. The molecule has 4 nitrogen and oxygen atoms in total. The molecule has 2 aromatic carbocycles. The van der Waals surface area contributed by atoms with Crippen LogP contribution in [0.25, 0.3) is 0 Å². The molecule has 1 saturated heterocycles. The maximum Gasteiger partial charge on any atom is 0.318 e. The molecular formula is C22H23ClN2O2. The molecule has 27 heavy (non-hydrogen) atoms. The number of carbonyl (C=O) groups is 2. The zero-order valence-electron chi connectivity index (χ0n) is 15.1. The summed E-state index contributed by atoms with van der Waals surface area (Å²) >= 11 is 5.99. The third kappa shape index (κ3) is 3.59. The minimum atomic E-state index is -0.538. The van der Waals surface area contributed by atoms with E-state index >= 15 is 0 Å². The van der Waals surface area contributed by atoms with Gasteiger partial charge in [-0.3, -0.25) is 4.79 Å². The van der Waals surface area contributed by atoms with Crippen molar-refractivity contribution in [2.24, 2.45) is 0 Å². The quantitative estimate of drug-likeness (QED) is 0.757. The Morgan fingerprint density at radius 3 is 2.30 bits per heavy atom. The molecule has 2 aromatic rings. The number of Topliss-reactive ketones (excluding diaryl/α,β-unsaturated/α-hetero) is 1. The summed E-state index contributed by atoms with van der Waals surface area (Å²) in [5.74, 6) is -0.0376. The molecule has 1 aliphatic heterocycles. The Morgan fingerprint density at radius 2 is 1.63 bits per heavy atom. The van der Waals surface area contributed by atoms with Crippen LogP contribution in [0.3, 0.4) is 0 Å². The minimum absolute atomic E-state index is 0.0376. The third-order valence-electron chi connectivity index (χ3n) is 5.65. The van der Waals surface area contributed by atoms with Gasteiger partial charge in [-0.05, 0) is 42.7 Å². The fraction of sp³-hybridized carbons (Fsp3) is 0.364. The highest BCUT2D eigenvalue weighted by molar-refractivity contribution is 6.30. The summed E-state index contributed by atoms with van der Waals surface area (Å²) in [5.41, 5.74) is 1.54. The number of amides is 2. The molecule has 2 amide bonds. The lowest BCUT2D eigenvalue weighted by Crippen LogP contribution is -2.47. The molecule has 2 unspecified atom stereocenters. The summed E-state index contributed by atoms with van der Waals surface area (Å²) in [6.07, 6.45) is 5.32.